The molecule has 0 radical (unpaired) electrons. The zero-order chi connectivity index (χ0) is 25.1. The van der Waals surface area contributed by atoms with Crippen molar-refractivity contribution in [2.45, 2.75) is 38.6 Å². The number of aromatic amines is 1. The van der Waals surface area contributed by atoms with E-state index < -0.39 is 0 Å². The summed E-state index contributed by atoms with van der Waals surface area (Å²) in [5, 5.41) is 11.6. The Kier molecular flexibility index (Phi) is 6.99. The first kappa shape index (κ1) is 24.0. The predicted molar refractivity (Wildman–Crippen MR) is 142 cm³/mol. The number of nitrogens with one attached hydrogen (secondary N) is 2. The maximum Gasteiger partial charge on any atom is 0.272 e. The highest BCUT2D eigenvalue weighted by atomic mass is 16.2. The topological polar surface area (TPSA) is 98.6 Å². The summed E-state index contributed by atoms with van der Waals surface area (Å²) in [5.74, 6) is -0.116. The summed E-state index contributed by atoms with van der Waals surface area (Å²) >= 11 is 0. The zero-order valence-electron chi connectivity index (χ0n) is 20.9. The molecule has 36 heavy (non-hydrogen) atoms. The number of fused-ring (bicyclic) bond motifs is 2. The summed E-state index contributed by atoms with van der Waals surface area (Å²) < 4.78 is 1.86. The number of H-pyrrole nitrogens is 1. The molecule has 9 nitrogen and oxygen atoms in total. The molecule has 1 amide bonds. The molecule has 4 aromatic rings. The van der Waals surface area contributed by atoms with Gasteiger partial charge in [-0.25, -0.2) is 10.1 Å². The van der Waals surface area contributed by atoms with E-state index in [9.17, 15) is 9.59 Å². The first-order valence-electron chi connectivity index (χ1n) is 12.7. The van der Waals surface area contributed by atoms with Crippen LogP contribution in [0.3, 0.4) is 0 Å². The van der Waals surface area contributed by atoms with E-state index in [0.717, 1.165) is 74.3 Å². The average Bonchev–Trinajstić information content (AvgIpc) is 3.33. The smallest absolute Gasteiger partial charge is 0.272 e. The van der Waals surface area contributed by atoms with Crippen molar-refractivity contribution in [1.29, 1.82) is 0 Å². The Morgan fingerprint density at radius 1 is 1.14 bits per heavy atom. The Morgan fingerprint density at radius 2 is 1.92 bits per heavy atom. The lowest BCUT2D eigenvalue weighted by Crippen LogP contribution is -2.44. The molecule has 0 bridgehead atoms. The summed E-state index contributed by atoms with van der Waals surface area (Å²) in [6, 6.07) is 11.7. The standard InChI is InChI=1S/C27H33N7O2/c1-3-19(7-6-10-23-21-8-4-5-9-22(21)26(35)31-30-23)29-27(36)24-18-28-25-17-20(11-12-34(24)25)33-15-13-32(2)14-16-33/h4-5,8-9,11-12,17-19H,3,6-7,10,13-16H2,1-2H3,(H,29,36)(H,31,35)/t19-/m0/s1. The van der Waals surface area contributed by atoms with Gasteiger partial charge >= 0.3 is 0 Å². The van der Waals surface area contributed by atoms with Gasteiger partial charge in [0.1, 0.15) is 11.3 Å². The summed E-state index contributed by atoms with van der Waals surface area (Å²) in [5.41, 5.74) is 3.17. The largest absolute Gasteiger partial charge is 0.369 e. The van der Waals surface area contributed by atoms with Crippen molar-refractivity contribution in [1.82, 2.24) is 29.8 Å². The van der Waals surface area contributed by atoms with Gasteiger partial charge in [-0.05, 0) is 44.9 Å². The van der Waals surface area contributed by atoms with Crippen molar-refractivity contribution in [2.75, 3.05) is 38.1 Å². The Morgan fingerprint density at radius 3 is 2.69 bits per heavy atom. The molecule has 3 aromatic heterocycles. The quantitative estimate of drug-likeness (QED) is 0.397. The number of imidazole rings is 1. The van der Waals surface area contributed by atoms with Gasteiger partial charge in [-0.1, -0.05) is 25.1 Å². The lowest BCUT2D eigenvalue weighted by Gasteiger charge is -2.34. The van der Waals surface area contributed by atoms with Gasteiger partial charge in [0.2, 0.25) is 0 Å². The molecule has 0 unspecified atom stereocenters. The predicted octanol–water partition coefficient (Wildman–Crippen LogP) is 2.85. The molecule has 2 N–H and O–H groups in total. The maximum atomic E-state index is 13.1. The highest BCUT2D eigenvalue weighted by Gasteiger charge is 2.19. The van der Waals surface area contributed by atoms with Gasteiger partial charge in [-0.15, -0.1) is 0 Å². The van der Waals surface area contributed by atoms with Crippen LogP contribution in [0.2, 0.25) is 0 Å². The number of likely N-dealkylation sites (N-methyl/N-ethyl adjacent to an activating group) is 1. The Hall–Kier alpha value is -3.72. The third-order valence-electron chi connectivity index (χ3n) is 7.17. The molecule has 0 spiro atoms. The molecule has 5 rings (SSSR count). The van der Waals surface area contributed by atoms with Crippen LogP contribution in [-0.2, 0) is 6.42 Å². The molecule has 1 aliphatic heterocycles. The van der Waals surface area contributed by atoms with E-state index in [1.54, 1.807) is 6.20 Å². The number of pyridine rings is 1. The van der Waals surface area contributed by atoms with Crippen molar-refractivity contribution >= 4 is 28.0 Å². The van der Waals surface area contributed by atoms with Gasteiger partial charge in [0, 0.05) is 55.6 Å². The van der Waals surface area contributed by atoms with Crippen LogP contribution in [0.4, 0.5) is 5.69 Å². The molecule has 1 fully saturated rings. The van der Waals surface area contributed by atoms with E-state index in [0.29, 0.717) is 11.1 Å². The molecule has 0 saturated carbocycles. The Labute approximate surface area is 210 Å². The Balaban J connectivity index is 1.22. The van der Waals surface area contributed by atoms with Crippen LogP contribution in [-0.4, -0.2) is 69.7 Å². The van der Waals surface area contributed by atoms with Crippen molar-refractivity contribution < 1.29 is 4.79 Å². The number of aryl methyl sites for hydroxylation is 1. The zero-order valence-corrected chi connectivity index (χ0v) is 20.9. The van der Waals surface area contributed by atoms with Gasteiger partial charge in [-0.3, -0.25) is 14.0 Å². The van der Waals surface area contributed by atoms with Crippen LogP contribution < -0.4 is 15.8 Å². The van der Waals surface area contributed by atoms with E-state index in [1.807, 2.05) is 34.9 Å². The fourth-order valence-electron chi connectivity index (χ4n) is 4.91. The van der Waals surface area contributed by atoms with Gasteiger partial charge in [0.05, 0.1) is 17.3 Å². The van der Waals surface area contributed by atoms with Crippen LogP contribution in [0, 0.1) is 0 Å². The van der Waals surface area contributed by atoms with Crippen molar-refractivity contribution in [3.8, 4) is 0 Å². The number of rotatable bonds is 8. The number of amides is 1. The van der Waals surface area contributed by atoms with E-state index in [1.165, 1.54) is 0 Å². The number of benzene rings is 1. The van der Waals surface area contributed by atoms with E-state index in [2.05, 4.69) is 56.4 Å². The summed E-state index contributed by atoms with van der Waals surface area (Å²) in [4.78, 5) is 34.3. The molecule has 1 atom stereocenters. The summed E-state index contributed by atoms with van der Waals surface area (Å²) in [6.07, 6.45) is 6.83. The average molecular weight is 488 g/mol. The van der Waals surface area contributed by atoms with E-state index in [4.69, 9.17) is 0 Å². The second-order valence-electron chi connectivity index (χ2n) is 9.56. The normalized spacial score (nSPS) is 15.4. The van der Waals surface area contributed by atoms with Crippen molar-refractivity contribution in [3.05, 3.63) is 70.5 Å². The van der Waals surface area contributed by atoms with Crippen LogP contribution in [0.5, 0.6) is 0 Å². The van der Waals surface area contributed by atoms with Crippen molar-refractivity contribution in [3.63, 3.8) is 0 Å². The number of hydrogen-bond acceptors (Lipinski definition) is 6. The van der Waals surface area contributed by atoms with Gasteiger partial charge < -0.3 is 15.1 Å². The molecule has 1 saturated heterocycles. The van der Waals surface area contributed by atoms with Gasteiger partial charge in [0.15, 0.2) is 0 Å². The number of aromatic nitrogens is 4. The molecule has 1 aliphatic rings. The number of piperazine rings is 1. The second-order valence-corrected chi connectivity index (χ2v) is 9.56. The highest BCUT2D eigenvalue weighted by molar-refractivity contribution is 5.93. The lowest BCUT2D eigenvalue weighted by atomic mass is 10.0. The summed E-state index contributed by atoms with van der Waals surface area (Å²) in [7, 11) is 2.14. The highest BCUT2D eigenvalue weighted by Crippen LogP contribution is 2.20. The molecular weight excluding hydrogens is 454 g/mol. The van der Waals surface area contributed by atoms with Gasteiger partial charge in [0.25, 0.3) is 11.5 Å². The van der Waals surface area contributed by atoms with Crippen LogP contribution in [0.1, 0.15) is 42.4 Å². The molecule has 4 heterocycles. The maximum absolute atomic E-state index is 13.1. The first-order valence-corrected chi connectivity index (χ1v) is 12.7. The minimum Gasteiger partial charge on any atom is -0.369 e. The third kappa shape index (κ3) is 4.97. The third-order valence-corrected chi connectivity index (χ3v) is 7.17. The fourth-order valence-corrected chi connectivity index (χ4v) is 4.91. The molecule has 1 aromatic carbocycles. The monoisotopic (exact) mass is 487 g/mol. The molecule has 9 heteroatoms. The lowest BCUT2D eigenvalue weighted by molar-refractivity contribution is 0.0927. The minimum atomic E-state index is -0.170. The van der Waals surface area contributed by atoms with Crippen LogP contribution in [0.15, 0.2) is 53.6 Å². The Bertz CT molecular complexity index is 1420. The van der Waals surface area contributed by atoms with Crippen LogP contribution in [0.25, 0.3) is 16.4 Å². The van der Waals surface area contributed by atoms with E-state index in [-0.39, 0.29) is 17.5 Å². The minimum absolute atomic E-state index is 0.0432. The molecule has 188 valence electrons. The number of carbonyl (C=O) groups excluding carboxylic acids is 1. The van der Waals surface area contributed by atoms with E-state index >= 15 is 0 Å². The number of anilines is 1. The number of carbonyl (C=O) groups is 1. The molecule has 0 aliphatic carbocycles. The summed E-state index contributed by atoms with van der Waals surface area (Å²) in [6.45, 7) is 6.14. The van der Waals surface area contributed by atoms with Crippen molar-refractivity contribution in [2.24, 2.45) is 0 Å². The second kappa shape index (κ2) is 10.5. The number of hydrogen-bond donors (Lipinski definition) is 2. The van der Waals surface area contributed by atoms with Gasteiger partial charge in [-0.2, -0.15) is 5.10 Å². The molecular formula is C27H33N7O2. The first-order chi connectivity index (χ1) is 17.5. The SMILES string of the molecule is CC[C@@H](CCCc1n[nH]c(=O)c2ccccc12)NC(=O)c1cnc2cc(N3CCN(C)CC3)ccn12. The fraction of sp³-hybridized carbons (Fsp3) is 0.407. The van der Waals surface area contributed by atoms with Crippen LogP contribution >= 0.6 is 0 Å². The number of nitrogens with zero attached hydrogens (tertiary/aromatic N) is 5.